The zero-order chi connectivity index (χ0) is 19.3. The van der Waals surface area contributed by atoms with Gasteiger partial charge in [-0.3, -0.25) is 14.4 Å². The third-order valence-corrected chi connectivity index (χ3v) is 7.19. The molecule has 4 atom stereocenters. The average molecular weight is 408 g/mol. The van der Waals surface area contributed by atoms with Crippen LogP contribution in [0, 0.1) is 0 Å². The van der Waals surface area contributed by atoms with Crippen LogP contribution in [-0.4, -0.2) is 64.6 Å². The molecule has 0 bridgehead atoms. The molecule has 2 aliphatic heterocycles. The molecule has 0 spiro atoms. The number of aromatic nitrogens is 4. The van der Waals surface area contributed by atoms with Crippen molar-refractivity contribution in [3.8, 4) is 0 Å². The van der Waals surface area contributed by atoms with Gasteiger partial charge in [-0.05, 0) is 25.3 Å². The van der Waals surface area contributed by atoms with Gasteiger partial charge >= 0.3 is 5.97 Å². The van der Waals surface area contributed by atoms with Crippen molar-refractivity contribution >= 4 is 40.9 Å². The first-order valence-electron chi connectivity index (χ1n) is 8.11. The molecule has 0 aliphatic carbocycles. The summed E-state index contributed by atoms with van der Waals surface area (Å²) >= 11 is 2.71. The lowest BCUT2D eigenvalue weighted by atomic mass is 9.95. The lowest BCUT2D eigenvalue weighted by Gasteiger charge is -2.44. The average Bonchev–Trinajstić information content (AvgIpc) is 3.32. The van der Waals surface area contributed by atoms with Crippen molar-refractivity contribution in [2.24, 2.45) is 0 Å². The van der Waals surface area contributed by atoms with E-state index >= 15 is 0 Å². The van der Waals surface area contributed by atoms with E-state index in [0.717, 1.165) is 0 Å². The van der Waals surface area contributed by atoms with Gasteiger partial charge in [0.05, 0.1) is 0 Å². The van der Waals surface area contributed by atoms with Gasteiger partial charge in [-0.1, -0.05) is 11.3 Å². The van der Waals surface area contributed by atoms with Crippen molar-refractivity contribution < 1.29 is 19.5 Å². The predicted octanol–water partition coefficient (Wildman–Crippen LogP) is 0.349. The molecule has 2 amide bonds. The van der Waals surface area contributed by atoms with E-state index in [4.69, 9.17) is 0 Å². The number of nitrogens with one attached hydrogen (secondary N) is 2. The minimum absolute atomic E-state index is 0.281. The van der Waals surface area contributed by atoms with E-state index in [1.54, 1.807) is 22.4 Å². The minimum atomic E-state index is -1.33. The van der Waals surface area contributed by atoms with Gasteiger partial charge in [0.1, 0.15) is 17.5 Å². The summed E-state index contributed by atoms with van der Waals surface area (Å²) < 4.78 is -0.385. The number of amides is 2. The van der Waals surface area contributed by atoms with Crippen LogP contribution in [0.3, 0.4) is 0 Å². The summed E-state index contributed by atoms with van der Waals surface area (Å²) in [6.45, 7) is 3.93. The molecular formula is C15H16N6O4S2. The SMILES string of the molecule is CC1(C)S[C@@H]2C(NC(=O)C(C(=O)O)c3cccs3)C(=O)N2C1c1nn[nH]n1. The van der Waals surface area contributed by atoms with Gasteiger partial charge in [0.2, 0.25) is 11.8 Å². The normalized spacial score (nSPS) is 27.0. The van der Waals surface area contributed by atoms with Crippen LogP contribution >= 0.6 is 23.1 Å². The Morgan fingerprint density at radius 2 is 2.22 bits per heavy atom. The molecule has 0 radical (unpaired) electrons. The van der Waals surface area contributed by atoms with Crippen molar-refractivity contribution in [2.75, 3.05) is 0 Å². The number of carbonyl (C=O) groups excluding carboxylic acids is 2. The number of H-pyrrole nitrogens is 1. The van der Waals surface area contributed by atoms with E-state index in [1.165, 1.54) is 23.1 Å². The summed E-state index contributed by atoms with van der Waals surface area (Å²) in [6.07, 6.45) is 0. The monoisotopic (exact) mass is 408 g/mol. The zero-order valence-corrected chi connectivity index (χ0v) is 16.0. The summed E-state index contributed by atoms with van der Waals surface area (Å²) in [4.78, 5) is 38.9. The van der Waals surface area contributed by atoms with Gasteiger partial charge in [0, 0.05) is 9.62 Å². The molecule has 3 unspecified atom stereocenters. The number of carbonyl (C=O) groups is 3. The van der Waals surface area contributed by atoms with Gasteiger partial charge in [0.15, 0.2) is 11.7 Å². The second kappa shape index (κ2) is 6.30. The second-order valence-electron chi connectivity index (χ2n) is 6.80. The molecule has 2 aromatic heterocycles. The van der Waals surface area contributed by atoms with Crippen LogP contribution in [0.25, 0.3) is 0 Å². The van der Waals surface area contributed by atoms with Crippen molar-refractivity contribution in [1.29, 1.82) is 0 Å². The predicted molar refractivity (Wildman–Crippen MR) is 95.8 cm³/mol. The highest BCUT2D eigenvalue weighted by Gasteiger charge is 2.63. The number of hydrogen-bond donors (Lipinski definition) is 3. The Bertz CT molecular complexity index is 884. The van der Waals surface area contributed by atoms with Crippen molar-refractivity contribution in [1.82, 2.24) is 30.8 Å². The Morgan fingerprint density at radius 3 is 2.81 bits per heavy atom. The molecule has 142 valence electrons. The second-order valence-corrected chi connectivity index (χ2v) is 9.55. The number of β-lactam (4-membered cyclic amide) rings is 1. The highest BCUT2D eigenvalue weighted by atomic mass is 32.2. The molecule has 12 heteroatoms. The largest absolute Gasteiger partial charge is 0.480 e. The van der Waals surface area contributed by atoms with Crippen LogP contribution in [0.2, 0.25) is 0 Å². The molecule has 4 heterocycles. The van der Waals surface area contributed by atoms with Crippen LogP contribution in [0.4, 0.5) is 0 Å². The number of aliphatic carboxylic acids is 1. The van der Waals surface area contributed by atoms with Crippen LogP contribution in [-0.2, 0) is 14.4 Å². The molecule has 27 heavy (non-hydrogen) atoms. The van der Waals surface area contributed by atoms with E-state index in [9.17, 15) is 19.5 Å². The van der Waals surface area contributed by atoms with Crippen molar-refractivity contribution in [3.05, 3.63) is 28.2 Å². The Hall–Kier alpha value is -2.47. The summed E-state index contributed by atoms with van der Waals surface area (Å²) in [5, 5.41) is 27.4. The third-order valence-electron chi connectivity index (χ3n) is 4.68. The summed E-state index contributed by atoms with van der Waals surface area (Å²) in [7, 11) is 0. The molecule has 2 aromatic rings. The Morgan fingerprint density at radius 1 is 1.44 bits per heavy atom. The zero-order valence-electron chi connectivity index (χ0n) is 14.3. The van der Waals surface area contributed by atoms with Crippen LogP contribution in [0.1, 0.15) is 36.5 Å². The first kappa shape index (κ1) is 17.9. The van der Waals surface area contributed by atoms with Gasteiger partial charge in [0.25, 0.3) is 0 Å². The molecule has 0 saturated carbocycles. The smallest absolute Gasteiger partial charge is 0.321 e. The van der Waals surface area contributed by atoms with Crippen LogP contribution < -0.4 is 5.32 Å². The van der Waals surface area contributed by atoms with Crippen molar-refractivity contribution in [2.45, 2.75) is 42.0 Å². The van der Waals surface area contributed by atoms with E-state index in [-0.39, 0.29) is 22.1 Å². The number of thioether (sulfide) groups is 1. The number of tetrazole rings is 1. The first-order valence-corrected chi connectivity index (χ1v) is 9.87. The molecule has 2 aliphatic rings. The Balaban J connectivity index is 1.53. The fourth-order valence-electron chi connectivity index (χ4n) is 3.50. The fraction of sp³-hybridized carbons (Fsp3) is 0.467. The quantitative estimate of drug-likeness (QED) is 0.475. The number of rotatable bonds is 5. The molecule has 3 N–H and O–H groups in total. The maximum Gasteiger partial charge on any atom is 0.321 e. The highest BCUT2D eigenvalue weighted by molar-refractivity contribution is 8.01. The molecule has 2 fully saturated rings. The number of hydrogen-bond acceptors (Lipinski definition) is 8. The summed E-state index contributed by atoms with van der Waals surface area (Å²) in [5.74, 6) is -3.14. The molecule has 4 rings (SSSR count). The maximum absolute atomic E-state index is 12.7. The van der Waals surface area contributed by atoms with Gasteiger partial charge in [-0.25, -0.2) is 0 Å². The van der Waals surface area contributed by atoms with Gasteiger partial charge in [-0.2, -0.15) is 5.21 Å². The standard InChI is InChI=1S/C15H16N6O4S2/c1-15(2)9(10-17-19-20-18-10)21-12(23)8(13(21)27-15)16-11(22)7(14(24)25)6-4-3-5-26-6/h3-5,7-9,13H,1-2H3,(H,16,22)(H,24,25)(H,17,18,19,20)/t7?,8?,9?,13-/m1/s1. The maximum atomic E-state index is 12.7. The number of carboxylic acids is 1. The van der Waals surface area contributed by atoms with Crippen molar-refractivity contribution in [3.63, 3.8) is 0 Å². The highest BCUT2D eigenvalue weighted by Crippen LogP contribution is 2.56. The van der Waals surface area contributed by atoms with Gasteiger partial charge in [-0.15, -0.1) is 33.3 Å². The Kier molecular flexibility index (Phi) is 4.18. The molecule has 0 aromatic carbocycles. The van der Waals surface area contributed by atoms with E-state index < -0.39 is 23.8 Å². The lowest BCUT2D eigenvalue weighted by molar-refractivity contribution is -0.153. The van der Waals surface area contributed by atoms with Gasteiger partial charge < -0.3 is 15.3 Å². The van der Waals surface area contributed by atoms with Crippen LogP contribution in [0.15, 0.2) is 17.5 Å². The lowest BCUT2D eigenvalue weighted by Crippen LogP contribution is -2.68. The summed E-state index contributed by atoms with van der Waals surface area (Å²) in [6, 6.07) is 2.13. The number of aromatic amines is 1. The minimum Gasteiger partial charge on any atom is -0.480 e. The molecule has 2 saturated heterocycles. The van der Waals surface area contributed by atoms with E-state index in [2.05, 4.69) is 25.9 Å². The first-order chi connectivity index (χ1) is 12.8. The summed E-state index contributed by atoms with van der Waals surface area (Å²) in [5.41, 5.74) is 0. The number of thiophene rings is 1. The van der Waals surface area contributed by atoms with E-state index in [0.29, 0.717) is 10.7 Å². The third kappa shape index (κ3) is 2.79. The number of carboxylic acid groups (broad SMARTS) is 1. The fourth-order valence-corrected chi connectivity index (χ4v) is 5.95. The van der Waals surface area contributed by atoms with E-state index in [1.807, 2.05) is 13.8 Å². The molecule has 10 nitrogen and oxygen atoms in total. The number of fused-ring (bicyclic) bond motifs is 1. The topological polar surface area (TPSA) is 141 Å². The Labute approximate surface area is 161 Å². The molecular weight excluding hydrogens is 392 g/mol. The van der Waals surface area contributed by atoms with Crippen LogP contribution in [0.5, 0.6) is 0 Å². The number of nitrogens with zero attached hydrogens (tertiary/aromatic N) is 4.